The Morgan fingerprint density at radius 3 is 2.35 bits per heavy atom. The summed E-state index contributed by atoms with van der Waals surface area (Å²) in [6.07, 6.45) is -0.983. The first-order chi connectivity index (χ1) is 10.8. The maximum Gasteiger partial charge on any atom is 0.323 e. The largest absolute Gasteiger partial charge is 0.480 e. The third-order valence-electron chi connectivity index (χ3n) is 3.34. The molecule has 1 fully saturated rings. The molecule has 1 aromatic carbocycles. The van der Waals surface area contributed by atoms with Gasteiger partial charge in [-0.15, -0.1) is 0 Å². The topological polar surface area (TPSA) is 142 Å². The van der Waals surface area contributed by atoms with Crippen molar-refractivity contribution in [3.63, 3.8) is 0 Å². The van der Waals surface area contributed by atoms with Gasteiger partial charge in [-0.3, -0.25) is 24.6 Å². The number of aliphatic carboxylic acids is 1. The Kier molecular flexibility index (Phi) is 4.60. The van der Waals surface area contributed by atoms with Crippen LogP contribution >= 0.6 is 0 Å². The third-order valence-corrected chi connectivity index (χ3v) is 3.34. The van der Waals surface area contributed by atoms with Crippen LogP contribution < -0.4 is 21.3 Å². The van der Waals surface area contributed by atoms with Crippen LogP contribution in [0, 0.1) is 0 Å². The van der Waals surface area contributed by atoms with E-state index in [9.17, 15) is 19.2 Å². The number of imide groups is 1. The van der Waals surface area contributed by atoms with Crippen molar-refractivity contribution in [3.05, 3.63) is 29.8 Å². The fraction of sp³-hybridized carbons (Fsp3) is 0.286. The number of urea groups is 1. The van der Waals surface area contributed by atoms with Crippen LogP contribution in [0.3, 0.4) is 0 Å². The van der Waals surface area contributed by atoms with Crippen LogP contribution in [0.4, 0.5) is 10.5 Å². The quantitative estimate of drug-likeness (QED) is 0.521. The summed E-state index contributed by atoms with van der Waals surface area (Å²) in [5.74, 6) is -2.16. The number of carbonyl (C=O) groups is 4. The molecule has 1 aliphatic heterocycles. The Labute approximate surface area is 131 Å². The molecule has 0 spiro atoms. The molecule has 2 unspecified atom stereocenters. The lowest BCUT2D eigenvalue weighted by Crippen LogP contribution is -2.49. The fourth-order valence-corrected chi connectivity index (χ4v) is 2.23. The third kappa shape index (κ3) is 3.64. The van der Waals surface area contributed by atoms with Gasteiger partial charge in [-0.1, -0.05) is 12.1 Å². The highest BCUT2D eigenvalue weighted by molar-refractivity contribution is 6.09. The molecule has 23 heavy (non-hydrogen) atoms. The number of nitrogens with two attached hydrogens (primary N) is 1. The molecule has 0 bridgehead atoms. The maximum atomic E-state index is 11.8. The Balaban J connectivity index is 2.21. The number of anilines is 1. The van der Waals surface area contributed by atoms with Crippen LogP contribution in [0.5, 0.6) is 0 Å². The molecule has 2 atom stereocenters. The van der Waals surface area contributed by atoms with E-state index < -0.39 is 36.0 Å². The van der Waals surface area contributed by atoms with E-state index in [0.29, 0.717) is 11.3 Å². The summed E-state index contributed by atoms with van der Waals surface area (Å²) < 4.78 is 0. The van der Waals surface area contributed by atoms with Crippen molar-refractivity contribution in [2.45, 2.75) is 25.6 Å². The minimum atomic E-state index is -1.12. The minimum absolute atomic E-state index is 0.135. The van der Waals surface area contributed by atoms with E-state index in [1.54, 1.807) is 24.3 Å². The predicted molar refractivity (Wildman–Crippen MR) is 79.4 cm³/mol. The zero-order valence-corrected chi connectivity index (χ0v) is 12.3. The molecule has 1 saturated heterocycles. The number of benzene rings is 1. The Morgan fingerprint density at radius 1 is 1.30 bits per heavy atom. The van der Waals surface area contributed by atoms with E-state index in [1.807, 2.05) is 0 Å². The first kappa shape index (κ1) is 16.4. The summed E-state index contributed by atoms with van der Waals surface area (Å²) in [6, 6.07) is 4.65. The molecule has 0 aliphatic carbocycles. The predicted octanol–water partition coefficient (Wildman–Crippen LogP) is -0.841. The van der Waals surface area contributed by atoms with Crippen molar-refractivity contribution in [3.8, 4) is 0 Å². The van der Waals surface area contributed by atoms with Gasteiger partial charge in [0, 0.05) is 12.6 Å². The van der Waals surface area contributed by atoms with Gasteiger partial charge in [-0.2, -0.15) is 0 Å². The number of carbonyl (C=O) groups excluding carboxylic acids is 3. The first-order valence-electron chi connectivity index (χ1n) is 6.78. The number of carboxylic acids is 1. The second-order valence-electron chi connectivity index (χ2n) is 5.07. The summed E-state index contributed by atoms with van der Waals surface area (Å²) in [4.78, 5) is 46.7. The molecule has 122 valence electrons. The van der Waals surface area contributed by atoms with Crippen LogP contribution in [0.25, 0.3) is 0 Å². The maximum absolute atomic E-state index is 11.8. The number of rotatable bonds is 5. The normalized spacial score (nSPS) is 18.1. The molecule has 1 aromatic rings. The number of amides is 4. The molecule has 5 N–H and O–H groups in total. The van der Waals surface area contributed by atoms with E-state index in [1.165, 1.54) is 6.92 Å². The lowest BCUT2D eigenvalue weighted by atomic mass is 10.1. The molecule has 0 radical (unpaired) electrons. The number of hydrogen-bond acceptors (Lipinski definition) is 5. The van der Waals surface area contributed by atoms with Crippen molar-refractivity contribution in [2.75, 3.05) is 4.90 Å². The molecule has 1 aliphatic rings. The Bertz CT molecular complexity index is 658. The van der Waals surface area contributed by atoms with Gasteiger partial charge < -0.3 is 16.2 Å². The molecular weight excluding hydrogens is 304 g/mol. The minimum Gasteiger partial charge on any atom is -0.480 e. The van der Waals surface area contributed by atoms with E-state index in [0.717, 1.165) is 4.90 Å². The van der Waals surface area contributed by atoms with Gasteiger partial charge in [0.05, 0.1) is 0 Å². The summed E-state index contributed by atoms with van der Waals surface area (Å²) in [6.45, 7) is 1.27. The molecule has 4 amide bonds. The zero-order valence-electron chi connectivity index (χ0n) is 12.3. The van der Waals surface area contributed by atoms with Crippen LogP contribution in [-0.4, -0.2) is 41.1 Å². The van der Waals surface area contributed by atoms with Gasteiger partial charge in [0.1, 0.15) is 6.04 Å². The van der Waals surface area contributed by atoms with E-state index >= 15 is 0 Å². The standard InChI is InChI=1S/C14H16N4O5/c1-7(19)18(11-12(20)17-14(23)16-11)9-4-2-8(3-5-9)6-10(15)13(21)22/h2-5,10-11H,6,15H2,1H3,(H,21,22)(H2,16,17,20,23). The molecule has 9 heteroatoms. The lowest BCUT2D eigenvalue weighted by Gasteiger charge is -2.25. The van der Waals surface area contributed by atoms with Crippen LogP contribution in [0.15, 0.2) is 24.3 Å². The van der Waals surface area contributed by atoms with Crippen LogP contribution in [-0.2, 0) is 20.8 Å². The van der Waals surface area contributed by atoms with Crippen LogP contribution in [0.1, 0.15) is 12.5 Å². The van der Waals surface area contributed by atoms with Crippen molar-refractivity contribution >= 4 is 29.5 Å². The van der Waals surface area contributed by atoms with E-state index in [2.05, 4.69) is 10.6 Å². The number of carboxylic acid groups (broad SMARTS) is 1. The molecule has 9 nitrogen and oxygen atoms in total. The van der Waals surface area contributed by atoms with Gasteiger partial charge in [0.2, 0.25) is 5.91 Å². The second kappa shape index (κ2) is 6.44. The van der Waals surface area contributed by atoms with Crippen molar-refractivity contribution < 1.29 is 24.3 Å². The smallest absolute Gasteiger partial charge is 0.323 e. The van der Waals surface area contributed by atoms with Crippen molar-refractivity contribution in [1.82, 2.24) is 10.6 Å². The van der Waals surface area contributed by atoms with Gasteiger partial charge in [0.25, 0.3) is 5.91 Å². The summed E-state index contributed by atoms with van der Waals surface area (Å²) in [7, 11) is 0. The SMILES string of the molecule is CC(=O)N(c1ccc(CC(N)C(=O)O)cc1)C1NC(=O)NC1=O. The molecule has 0 saturated carbocycles. The second-order valence-corrected chi connectivity index (χ2v) is 5.07. The number of nitrogens with one attached hydrogen (secondary N) is 2. The fourth-order valence-electron chi connectivity index (χ4n) is 2.23. The highest BCUT2D eigenvalue weighted by Crippen LogP contribution is 2.19. The van der Waals surface area contributed by atoms with Gasteiger partial charge in [-0.05, 0) is 24.1 Å². The van der Waals surface area contributed by atoms with Gasteiger partial charge in [-0.25, -0.2) is 4.79 Å². The van der Waals surface area contributed by atoms with Crippen molar-refractivity contribution in [2.24, 2.45) is 5.73 Å². The molecule has 0 aromatic heterocycles. The zero-order chi connectivity index (χ0) is 17.1. The van der Waals surface area contributed by atoms with Gasteiger partial charge in [0.15, 0.2) is 6.17 Å². The summed E-state index contributed by atoms with van der Waals surface area (Å²) in [5, 5.41) is 13.2. The average molecular weight is 320 g/mol. The Morgan fingerprint density at radius 2 is 1.91 bits per heavy atom. The van der Waals surface area contributed by atoms with Crippen molar-refractivity contribution in [1.29, 1.82) is 0 Å². The van der Waals surface area contributed by atoms with Crippen LogP contribution in [0.2, 0.25) is 0 Å². The lowest BCUT2D eigenvalue weighted by molar-refractivity contribution is -0.138. The van der Waals surface area contributed by atoms with Gasteiger partial charge >= 0.3 is 12.0 Å². The highest BCUT2D eigenvalue weighted by Gasteiger charge is 2.36. The molecule has 1 heterocycles. The van der Waals surface area contributed by atoms with E-state index in [4.69, 9.17) is 10.8 Å². The monoisotopic (exact) mass is 320 g/mol. The number of nitrogens with zero attached hydrogens (tertiary/aromatic N) is 1. The molecular formula is C14H16N4O5. The Hall–Kier alpha value is -2.94. The summed E-state index contributed by atoms with van der Waals surface area (Å²) in [5.41, 5.74) is 6.53. The summed E-state index contributed by atoms with van der Waals surface area (Å²) >= 11 is 0. The number of hydrogen-bond donors (Lipinski definition) is 4. The molecule has 2 rings (SSSR count). The first-order valence-corrected chi connectivity index (χ1v) is 6.78. The van der Waals surface area contributed by atoms with E-state index in [-0.39, 0.29) is 6.42 Å². The highest BCUT2D eigenvalue weighted by atomic mass is 16.4. The average Bonchev–Trinajstić information content (AvgIpc) is 2.79.